The Kier molecular flexibility index (Phi) is 4.51. The Morgan fingerprint density at radius 3 is 2.93 bits per heavy atom. The molecular weight excluding hydrogens is 204 g/mol. The summed E-state index contributed by atoms with van der Waals surface area (Å²) < 4.78 is 0. The molecule has 0 fully saturated rings. The van der Waals surface area contributed by atoms with Gasteiger partial charge in [-0.1, -0.05) is 11.3 Å². The van der Waals surface area contributed by atoms with E-state index in [-0.39, 0.29) is 16.5 Å². The van der Waals surface area contributed by atoms with E-state index in [1.807, 2.05) is 0 Å². The molecule has 5 nitrogen and oxygen atoms in total. The molecule has 0 saturated heterocycles. The first kappa shape index (κ1) is 11.1. The normalized spacial score (nSPS) is 10.4. The van der Waals surface area contributed by atoms with Gasteiger partial charge in [0.2, 0.25) is 0 Å². The van der Waals surface area contributed by atoms with Crippen LogP contribution in [0.5, 0.6) is 0 Å². The van der Waals surface area contributed by atoms with Gasteiger partial charge in [0, 0.05) is 24.1 Å². The molecule has 0 aliphatic carbocycles. The van der Waals surface area contributed by atoms with E-state index in [2.05, 4.69) is 5.32 Å². The summed E-state index contributed by atoms with van der Waals surface area (Å²) in [5.41, 5.74) is 0. The minimum absolute atomic E-state index is 0.164. The number of rotatable bonds is 6. The maximum absolute atomic E-state index is 10.4. The third-order valence-electron chi connectivity index (χ3n) is 1.64. The van der Waals surface area contributed by atoms with Crippen molar-refractivity contribution < 1.29 is 10.0 Å². The summed E-state index contributed by atoms with van der Waals surface area (Å²) in [6, 6.07) is 3.25. The average molecular weight is 216 g/mol. The molecule has 0 aromatic carbocycles. The standard InChI is InChI=1S/C8H12N2O3S/c11-5-1-4-9-6-7-2-3-8(14-7)10(12)13/h2-3,9,11H,1,4-6H2. The Morgan fingerprint density at radius 1 is 1.57 bits per heavy atom. The van der Waals surface area contributed by atoms with Crippen molar-refractivity contribution in [1.29, 1.82) is 0 Å². The molecule has 1 heterocycles. The topological polar surface area (TPSA) is 75.4 Å². The highest BCUT2D eigenvalue weighted by Crippen LogP contribution is 2.23. The highest BCUT2D eigenvalue weighted by Gasteiger charge is 2.08. The zero-order valence-electron chi connectivity index (χ0n) is 7.60. The predicted octanol–water partition coefficient (Wildman–Crippen LogP) is 1.13. The van der Waals surface area contributed by atoms with Crippen LogP contribution in [0.25, 0.3) is 0 Å². The van der Waals surface area contributed by atoms with Crippen molar-refractivity contribution in [1.82, 2.24) is 5.32 Å². The first-order valence-electron chi connectivity index (χ1n) is 4.28. The summed E-state index contributed by atoms with van der Waals surface area (Å²) in [4.78, 5) is 10.9. The van der Waals surface area contributed by atoms with Crippen LogP contribution in [-0.2, 0) is 6.54 Å². The fraction of sp³-hybridized carbons (Fsp3) is 0.500. The lowest BCUT2D eigenvalue weighted by Gasteiger charge is -1.99. The van der Waals surface area contributed by atoms with Gasteiger partial charge in [-0.2, -0.15) is 0 Å². The van der Waals surface area contributed by atoms with Gasteiger partial charge in [-0.25, -0.2) is 0 Å². The molecule has 0 aliphatic heterocycles. The second-order valence-electron chi connectivity index (χ2n) is 2.75. The van der Waals surface area contributed by atoms with E-state index in [0.29, 0.717) is 13.0 Å². The van der Waals surface area contributed by atoms with Crippen LogP contribution >= 0.6 is 11.3 Å². The Morgan fingerprint density at radius 2 is 2.36 bits per heavy atom. The molecule has 0 aliphatic rings. The lowest BCUT2D eigenvalue weighted by atomic mass is 10.4. The van der Waals surface area contributed by atoms with Gasteiger partial charge in [-0.15, -0.1) is 0 Å². The van der Waals surface area contributed by atoms with Crippen molar-refractivity contribution in [2.75, 3.05) is 13.2 Å². The largest absolute Gasteiger partial charge is 0.396 e. The zero-order valence-corrected chi connectivity index (χ0v) is 8.42. The van der Waals surface area contributed by atoms with Crippen LogP contribution in [-0.4, -0.2) is 23.2 Å². The highest BCUT2D eigenvalue weighted by atomic mass is 32.1. The molecule has 78 valence electrons. The fourth-order valence-corrected chi connectivity index (χ4v) is 1.76. The molecule has 14 heavy (non-hydrogen) atoms. The summed E-state index contributed by atoms with van der Waals surface area (Å²) in [6.45, 7) is 1.51. The van der Waals surface area contributed by atoms with E-state index in [0.717, 1.165) is 11.4 Å². The summed E-state index contributed by atoms with van der Waals surface area (Å²) in [7, 11) is 0. The number of nitrogens with one attached hydrogen (secondary N) is 1. The van der Waals surface area contributed by atoms with Gasteiger partial charge in [0.1, 0.15) is 0 Å². The molecule has 0 saturated carbocycles. The number of hydrogen-bond acceptors (Lipinski definition) is 5. The molecule has 0 bridgehead atoms. The summed E-state index contributed by atoms with van der Waals surface area (Å²) in [5, 5.41) is 22.1. The molecule has 1 aromatic rings. The quantitative estimate of drug-likeness (QED) is 0.424. The van der Waals surface area contributed by atoms with Gasteiger partial charge < -0.3 is 10.4 Å². The number of nitrogens with zero attached hydrogens (tertiary/aromatic N) is 1. The predicted molar refractivity (Wildman–Crippen MR) is 54.4 cm³/mol. The van der Waals surface area contributed by atoms with Gasteiger partial charge in [0.05, 0.1) is 4.92 Å². The lowest BCUT2D eigenvalue weighted by molar-refractivity contribution is -0.380. The molecule has 0 atom stereocenters. The van der Waals surface area contributed by atoms with Crippen LogP contribution in [0.2, 0.25) is 0 Å². The van der Waals surface area contributed by atoms with Crippen molar-refractivity contribution in [3.63, 3.8) is 0 Å². The van der Waals surface area contributed by atoms with E-state index in [1.165, 1.54) is 17.4 Å². The number of aliphatic hydroxyl groups excluding tert-OH is 1. The van der Waals surface area contributed by atoms with E-state index in [1.54, 1.807) is 6.07 Å². The molecule has 1 rings (SSSR count). The summed E-state index contributed by atoms with van der Waals surface area (Å²) in [6.07, 6.45) is 0.702. The second-order valence-corrected chi connectivity index (χ2v) is 3.90. The molecule has 2 N–H and O–H groups in total. The van der Waals surface area contributed by atoms with Gasteiger partial charge in [0.15, 0.2) is 0 Å². The van der Waals surface area contributed by atoms with Crippen LogP contribution in [0.4, 0.5) is 5.00 Å². The Hall–Kier alpha value is -0.980. The van der Waals surface area contributed by atoms with Gasteiger partial charge in [-0.3, -0.25) is 10.1 Å². The van der Waals surface area contributed by atoms with Crippen LogP contribution < -0.4 is 5.32 Å². The third-order valence-corrected chi connectivity index (χ3v) is 2.68. The van der Waals surface area contributed by atoms with Gasteiger partial charge >= 0.3 is 5.00 Å². The van der Waals surface area contributed by atoms with Crippen molar-refractivity contribution in [3.05, 3.63) is 27.1 Å². The minimum Gasteiger partial charge on any atom is -0.396 e. The fourth-order valence-electron chi connectivity index (χ4n) is 0.975. The molecule has 0 radical (unpaired) electrons. The summed E-state index contributed by atoms with van der Waals surface area (Å²) >= 11 is 1.17. The average Bonchev–Trinajstić information content (AvgIpc) is 2.61. The van der Waals surface area contributed by atoms with Crippen LogP contribution in [0.15, 0.2) is 12.1 Å². The molecule has 0 spiro atoms. The van der Waals surface area contributed by atoms with E-state index in [4.69, 9.17) is 5.11 Å². The number of thiophene rings is 1. The first-order chi connectivity index (χ1) is 6.74. The monoisotopic (exact) mass is 216 g/mol. The van der Waals surface area contributed by atoms with Crippen molar-refractivity contribution in [2.45, 2.75) is 13.0 Å². The van der Waals surface area contributed by atoms with E-state index in [9.17, 15) is 10.1 Å². The molecule has 6 heteroatoms. The number of nitro groups is 1. The summed E-state index contributed by atoms with van der Waals surface area (Å²) in [5.74, 6) is 0. The number of aliphatic hydroxyl groups is 1. The maximum Gasteiger partial charge on any atom is 0.324 e. The van der Waals surface area contributed by atoms with Crippen LogP contribution in [0, 0.1) is 10.1 Å². The Labute approximate surface area is 85.5 Å². The third kappa shape index (κ3) is 3.41. The Bertz CT molecular complexity index is 301. The number of hydrogen-bond donors (Lipinski definition) is 2. The van der Waals surface area contributed by atoms with E-state index >= 15 is 0 Å². The molecule has 0 amide bonds. The zero-order chi connectivity index (χ0) is 10.4. The van der Waals surface area contributed by atoms with Gasteiger partial charge in [-0.05, 0) is 19.0 Å². The highest BCUT2D eigenvalue weighted by molar-refractivity contribution is 7.15. The smallest absolute Gasteiger partial charge is 0.324 e. The van der Waals surface area contributed by atoms with Crippen LogP contribution in [0.1, 0.15) is 11.3 Å². The van der Waals surface area contributed by atoms with Crippen LogP contribution in [0.3, 0.4) is 0 Å². The lowest BCUT2D eigenvalue weighted by Crippen LogP contribution is -2.14. The molecule has 0 unspecified atom stereocenters. The van der Waals surface area contributed by atoms with Crippen molar-refractivity contribution in [2.24, 2.45) is 0 Å². The molecular formula is C8H12N2O3S. The first-order valence-corrected chi connectivity index (χ1v) is 5.10. The maximum atomic E-state index is 10.4. The molecule has 1 aromatic heterocycles. The van der Waals surface area contributed by atoms with Crippen molar-refractivity contribution in [3.8, 4) is 0 Å². The van der Waals surface area contributed by atoms with Crippen molar-refractivity contribution >= 4 is 16.3 Å². The minimum atomic E-state index is -0.387. The SMILES string of the molecule is O=[N+]([O-])c1ccc(CNCCCO)s1. The Balaban J connectivity index is 2.33. The van der Waals surface area contributed by atoms with E-state index < -0.39 is 0 Å². The van der Waals surface area contributed by atoms with Gasteiger partial charge in [0.25, 0.3) is 0 Å². The second kappa shape index (κ2) is 5.69.